The van der Waals surface area contributed by atoms with Gasteiger partial charge in [0.15, 0.2) is 0 Å². The predicted molar refractivity (Wildman–Crippen MR) is 65.5 cm³/mol. The van der Waals surface area contributed by atoms with Crippen molar-refractivity contribution in [3.8, 4) is 11.8 Å². The predicted octanol–water partition coefficient (Wildman–Crippen LogP) is 3.88. The largest absolute Gasteiger partial charge is 0.493 e. The number of nitriles is 1. The number of rotatable bonds is 6. The van der Waals surface area contributed by atoms with Crippen LogP contribution < -0.4 is 4.74 Å². The molecule has 0 aromatic heterocycles. The Bertz CT molecular complexity index is 354. The van der Waals surface area contributed by atoms with Gasteiger partial charge in [0.1, 0.15) is 5.75 Å². The molecule has 1 unspecified atom stereocenters. The number of para-hydroxylation sites is 1. The molecular weight excluding hydrogens is 198 g/mol. The van der Waals surface area contributed by atoms with Gasteiger partial charge in [-0.1, -0.05) is 32.0 Å². The molecule has 0 saturated heterocycles. The van der Waals surface area contributed by atoms with E-state index in [0.717, 1.165) is 18.6 Å². The average Bonchev–Trinajstić information content (AvgIpc) is 2.34. The number of benzene rings is 1. The summed E-state index contributed by atoms with van der Waals surface area (Å²) in [6, 6.07) is 10.3. The van der Waals surface area contributed by atoms with Gasteiger partial charge in [0.05, 0.1) is 12.7 Å². The minimum absolute atomic E-state index is 0.521. The lowest BCUT2D eigenvalue weighted by Gasteiger charge is -2.15. The summed E-state index contributed by atoms with van der Waals surface area (Å²) in [6.45, 7) is 5.01. The molecule has 0 radical (unpaired) electrons. The van der Waals surface area contributed by atoms with Gasteiger partial charge in [-0.3, -0.25) is 0 Å². The molecular formula is C14H19NO. The zero-order chi connectivity index (χ0) is 11.8. The van der Waals surface area contributed by atoms with Crippen molar-refractivity contribution in [1.29, 1.82) is 5.26 Å². The van der Waals surface area contributed by atoms with Gasteiger partial charge in [-0.05, 0) is 30.4 Å². The van der Waals surface area contributed by atoms with Gasteiger partial charge in [-0.25, -0.2) is 0 Å². The second-order valence-electron chi connectivity index (χ2n) is 3.96. The number of hydrogen-bond donors (Lipinski definition) is 0. The van der Waals surface area contributed by atoms with Crippen molar-refractivity contribution in [2.45, 2.75) is 39.0 Å². The van der Waals surface area contributed by atoms with Crippen LogP contribution in [0, 0.1) is 11.3 Å². The topological polar surface area (TPSA) is 33.0 Å². The monoisotopic (exact) mass is 217 g/mol. The Morgan fingerprint density at radius 3 is 2.81 bits per heavy atom. The number of hydrogen-bond acceptors (Lipinski definition) is 2. The van der Waals surface area contributed by atoms with Crippen molar-refractivity contribution >= 4 is 0 Å². The second kappa shape index (κ2) is 6.90. The van der Waals surface area contributed by atoms with Crippen molar-refractivity contribution < 1.29 is 4.74 Å². The maximum atomic E-state index is 8.44. The molecule has 0 saturated carbocycles. The maximum Gasteiger partial charge on any atom is 0.122 e. The van der Waals surface area contributed by atoms with E-state index in [2.05, 4.69) is 26.0 Å². The van der Waals surface area contributed by atoms with Gasteiger partial charge < -0.3 is 4.74 Å². The third kappa shape index (κ3) is 3.58. The van der Waals surface area contributed by atoms with Crippen LogP contribution in [-0.4, -0.2) is 6.61 Å². The van der Waals surface area contributed by atoms with Gasteiger partial charge >= 0.3 is 0 Å². The van der Waals surface area contributed by atoms with Crippen molar-refractivity contribution in [1.82, 2.24) is 0 Å². The molecule has 2 heteroatoms. The van der Waals surface area contributed by atoms with E-state index in [9.17, 15) is 0 Å². The third-order valence-corrected chi connectivity index (χ3v) is 2.75. The molecule has 0 fully saturated rings. The van der Waals surface area contributed by atoms with Crippen LogP contribution in [0.4, 0.5) is 0 Å². The molecule has 1 aromatic rings. The Morgan fingerprint density at radius 2 is 2.12 bits per heavy atom. The molecule has 1 aromatic carbocycles. The summed E-state index contributed by atoms with van der Waals surface area (Å²) < 4.78 is 5.71. The third-order valence-electron chi connectivity index (χ3n) is 2.75. The lowest BCUT2D eigenvalue weighted by molar-refractivity contribution is 0.308. The van der Waals surface area contributed by atoms with E-state index in [0.29, 0.717) is 18.9 Å². The molecule has 1 rings (SSSR count). The van der Waals surface area contributed by atoms with Crippen LogP contribution in [0.3, 0.4) is 0 Å². The highest BCUT2D eigenvalue weighted by Crippen LogP contribution is 2.28. The summed E-state index contributed by atoms with van der Waals surface area (Å²) in [5, 5.41) is 8.44. The summed E-state index contributed by atoms with van der Waals surface area (Å²) in [5.41, 5.74) is 1.27. The smallest absolute Gasteiger partial charge is 0.122 e. The summed E-state index contributed by atoms with van der Waals surface area (Å²) in [4.78, 5) is 0. The molecule has 0 aliphatic heterocycles. The molecule has 16 heavy (non-hydrogen) atoms. The molecule has 2 nitrogen and oxygen atoms in total. The van der Waals surface area contributed by atoms with Gasteiger partial charge in [-0.15, -0.1) is 0 Å². The fourth-order valence-electron chi connectivity index (χ4n) is 1.57. The lowest BCUT2D eigenvalue weighted by Crippen LogP contribution is -2.01. The fraction of sp³-hybridized carbons (Fsp3) is 0.500. The fourth-order valence-corrected chi connectivity index (χ4v) is 1.57. The highest BCUT2D eigenvalue weighted by molar-refractivity contribution is 5.35. The van der Waals surface area contributed by atoms with Crippen molar-refractivity contribution in [2.24, 2.45) is 0 Å². The first-order chi connectivity index (χ1) is 7.79. The van der Waals surface area contributed by atoms with E-state index in [1.807, 2.05) is 18.2 Å². The lowest BCUT2D eigenvalue weighted by atomic mass is 9.98. The Hall–Kier alpha value is -1.49. The number of unbranched alkanes of at least 4 members (excludes halogenated alkanes) is 1. The minimum atomic E-state index is 0.521. The number of nitrogens with zero attached hydrogens (tertiary/aromatic N) is 1. The van der Waals surface area contributed by atoms with E-state index in [-0.39, 0.29) is 0 Å². The molecule has 0 aliphatic rings. The van der Waals surface area contributed by atoms with Gasteiger partial charge in [0.25, 0.3) is 0 Å². The van der Waals surface area contributed by atoms with Crippen LogP contribution in [0.15, 0.2) is 24.3 Å². The zero-order valence-corrected chi connectivity index (χ0v) is 10.1. The molecule has 0 N–H and O–H groups in total. The molecule has 0 amide bonds. The normalized spacial score (nSPS) is 11.8. The number of ether oxygens (including phenoxy) is 1. The minimum Gasteiger partial charge on any atom is -0.493 e. The Labute approximate surface area is 97.9 Å². The Morgan fingerprint density at radius 1 is 1.38 bits per heavy atom. The van der Waals surface area contributed by atoms with Gasteiger partial charge in [0.2, 0.25) is 0 Å². The van der Waals surface area contributed by atoms with Gasteiger partial charge in [-0.2, -0.15) is 5.26 Å². The van der Waals surface area contributed by atoms with Crippen LogP contribution in [0.5, 0.6) is 5.75 Å². The molecule has 0 spiro atoms. The molecule has 86 valence electrons. The first kappa shape index (κ1) is 12.6. The standard InChI is InChI=1S/C14H19NO/c1-3-12(2)13-8-4-5-9-14(13)16-11-7-6-10-15/h4-5,8-9,12H,3,6-7,11H2,1-2H3. The SMILES string of the molecule is CCC(C)c1ccccc1OCCCC#N. The Kier molecular flexibility index (Phi) is 5.42. The van der Waals surface area contributed by atoms with Crippen LogP contribution in [0.2, 0.25) is 0 Å². The van der Waals surface area contributed by atoms with E-state index in [1.54, 1.807) is 0 Å². The van der Waals surface area contributed by atoms with Crippen LogP contribution >= 0.6 is 0 Å². The van der Waals surface area contributed by atoms with Gasteiger partial charge in [0, 0.05) is 6.42 Å². The van der Waals surface area contributed by atoms with E-state index >= 15 is 0 Å². The summed E-state index contributed by atoms with van der Waals surface area (Å²) in [5.74, 6) is 1.49. The summed E-state index contributed by atoms with van der Waals surface area (Å²) in [6.07, 6.45) is 2.47. The molecule has 0 aliphatic carbocycles. The zero-order valence-electron chi connectivity index (χ0n) is 10.1. The van der Waals surface area contributed by atoms with Crippen LogP contribution in [-0.2, 0) is 0 Å². The second-order valence-corrected chi connectivity index (χ2v) is 3.96. The Balaban J connectivity index is 2.61. The average molecular weight is 217 g/mol. The first-order valence-electron chi connectivity index (χ1n) is 5.88. The molecule has 1 atom stereocenters. The quantitative estimate of drug-likeness (QED) is 0.677. The van der Waals surface area contributed by atoms with Crippen molar-refractivity contribution in [2.75, 3.05) is 6.61 Å². The summed E-state index contributed by atoms with van der Waals surface area (Å²) >= 11 is 0. The summed E-state index contributed by atoms with van der Waals surface area (Å²) in [7, 11) is 0. The van der Waals surface area contributed by atoms with Crippen molar-refractivity contribution in [3.63, 3.8) is 0 Å². The highest BCUT2D eigenvalue weighted by atomic mass is 16.5. The maximum absolute atomic E-state index is 8.44. The van der Waals surface area contributed by atoms with E-state index < -0.39 is 0 Å². The molecule has 0 bridgehead atoms. The van der Waals surface area contributed by atoms with Crippen LogP contribution in [0.25, 0.3) is 0 Å². The first-order valence-corrected chi connectivity index (χ1v) is 5.88. The molecule has 0 heterocycles. The van der Waals surface area contributed by atoms with Crippen LogP contribution in [0.1, 0.15) is 44.6 Å². The van der Waals surface area contributed by atoms with E-state index in [4.69, 9.17) is 10.00 Å². The van der Waals surface area contributed by atoms with Crippen molar-refractivity contribution in [3.05, 3.63) is 29.8 Å². The van der Waals surface area contributed by atoms with E-state index in [1.165, 1.54) is 5.56 Å². The highest BCUT2D eigenvalue weighted by Gasteiger charge is 2.08.